The van der Waals surface area contributed by atoms with Crippen LogP contribution in [0.3, 0.4) is 0 Å². The molecule has 174 valence electrons. The van der Waals surface area contributed by atoms with E-state index in [0.717, 1.165) is 19.5 Å². The molecule has 0 fully saturated rings. The Morgan fingerprint density at radius 1 is 0.714 bits per heavy atom. The van der Waals surface area contributed by atoms with Crippen LogP contribution in [0, 0.1) is 0 Å². The van der Waals surface area contributed by atoms with E-state index in [-0.39, 0.29) is 12.1 Å². The van der Waals surface area contributed by atoms with E-state index in [1.807, 2.05) is 0 Å². The lowest BCUT2D eigenvalue weighted by atomic mass is 9.94. The molecular weight excluding hydrogens is 426 g/mol. The number of anilines is 2. The predicted molar refractivity (Wildman–Crippen MR) is 145 cm³/mol. The molecule has 3 heteroatoms. The summed E-state index contributed by atoms with van der Waals surface area (Å²) in [6.07, 6.45) is 2.04. The molecule has 3 nitrogen and oxygen atoms in total. The van der Waals surface area contributed by atoms with E-state index in [0.29, 0.717) is 0 Å². The molecule has 0 amide bonds. The maximum Gasteiger partial charge on any atom is 0.282 e. The number of amidine groups is 1. The molecule has 0 saturated carbocycles. The standard InChI is InChI=1S/C32H31N3/c1-3-23-18-13-19-24(4-2)30(23)34-22-35-31(26-16-9-6-10-17-26)29(25-14-7-5-8-15-25)33-32(35)27-20-11-12-21-28(27)34/h5-21,29,31H,3-4,22H2,1-2H3/p+1. The van der Waals surface area contributed by atoms with Crippen molar-refractivity contribution in [2.75, 3.05) is 11.6 Å². The zero-order chi connectivity index (χ0) is 23.8. The average molecular weight is 459 g/mol. The van der Waals surface area contributed by atoms with Crippen LogP contribution in [0.4, 0.5) is 11.4 Å². The van der Waals surface area contributed by atoms with E-state index in [4.69, 9.17) is 0 Å². The molecule has 4 aromatic carbocycles. The van der Waals surface area contributed by atoms with Gasteiger partial charge < -0.3 is 4.90 Å². The molecular formula is C32H32N3+. The first-order valence-corrected chi connectivity index (χ1v) is 12.8. The van der Waals surface area contributed by atoms with Gasteiger partial charge in [0.2, 0.25) is 0 Å². The molecule has 2 aliphatic heterocycles. The fraction of sp³-hybridized carbons (Fsp3) is 0.219. The predicted octanol–water partition coefficient (Wildman–Crippen LogP) is 6.77. The van der Waals surface area contributed by atoms with E-state index in [1.165, 1.54) is 45.0 Å². The Hall–Kier alpha value is -3.85. The number of hydrogen-bond acceptors (Lipinski definition) is 2. The first-order chi connectivity index (χ1) is 17.3. The number of aryl methyl sites for hydroxylation is 2. The lowest BCUT2D eigenvalue weighted by molar-refractivity contribution is -0.566. The van der Waals surface area contributed by atoms with E-state index in [2.05, 4.69) is 132 Å². The van der Waals surface area contributed by atoms with Gasteiger partial charge in [0.25, 0.3) is 5.84 Å². The first kappa shape index (κ1) is 21.7. The van der Waals surface area contributed by atoms with Crippen molar-refractivity contribution in [3.63, 3.8) is 0 Å². The molecule has 0 aromatic heterocycles. The van der Waals surface area contributed by atoms with E-state index < -0.39 is 0 Å². The number of nitrogens with zero attached hydrogens (tertiary/aromatic N) is 2. The minimum Gasteiger partial charge on any atom is -0.303 e. The van der Waals surface area contributed by atoms with Gasteiger partial charge in [-0.25, -0.2) is 4.58 Å². The summed E-state index contributed by atoms with van der Waals surface area (Å²) >= 11 is 0. The second-order valence-electron chi connectivity index (χ2n) is 9.43. The van der Waals surface area contributed by atoms with Crippen molar-refractivity contribution >= 4 is 17.2 Å². The SMILES string of the molecule is CCc1cccc(CC)c1N1C[N+]2=C(NC(c3ccccc3)C2c2ccccc2)c2ccccc21. The molecule has 0 radical (unpaired) electrons. The average Bonchev–Trinajstić information content (AvgIpc) is 3.33. The quantitative estimate of drug-likeness (QED) is 0.333. The zero-order valence-corrected chi connectivity index (χ0v) is 20.5. The van der Waals surface area contributed by atoms with Crippen LogP contribution >= 0.6 is 0 Å². The summed E-state index contributed by atoms with van der Waals surface area (Å²) in [5.74, 6) is 1.23. The third-order valence-corrected chi connectivity index (χ3v) is 7.51. The summed E-state index contributed by atoms with van der Waals surface area (Å²) in [7, 11) is 0. The summed E-state index contributed by atoms with van der Waals surface area (Å²) in [5, 5.41) is 3.96. The van der Waals surface area contributed by atoms with Crippen molar-refractivity contribution in [2.45, 2.75) is 38.8 Å². The molecule has 35 heavy (non-hydrogen) atoms. The van der Waals surface area contributed by atoms with Gasteiger partial charge in [0.1, 0.15) is 0 Å². The lowest BCUT2D eigenvalue weighted by Crippen LogP contribution is -2.39. The highest BCUT2D eigenvalue weighted by Gasteiger charge is 2.47. The van der Waals surface area contributed by atoms with Crippen LogP contribution in [0.15, 0.2) is 103 Å². The molecule has 2 unspecified atom stereocenters. The van der Waals surface area contributed by atoms with Crippen molar-refractivity contribution in [1.29, 1.82) is 0 Å². The van der Waals surface area contributed by atoms with Gasteiger partial charge in [0, 0.05) is 11.1 Å². The van der Waals surface area contributed by atoms with Gasteiger partial charge in [0.15, 0.2) is 18.8 Å². The molecule has 4 aromatic rings. The van der Waals surface area contributed by atoms with Gasteiger partial charge in [-0.15, -0.1) is 0 Å². The van der Waals surface area contributed by atoms with Crippen LogP contribution in [0.2, 0.25) is 0 Å². The van der Waals surface area contributed by atoms with Gasteiger partial charge in [0.05, 0.1) is 16.9 Å². The fourth-order valence-electron chi connectivity index (χ4n) is 5.86. The Labute approximate surface area is 208 Å². The van der Waals surface area contributed by atoms with Crippen LogP contribution in [0.25, 0.3) is 0 Å². The topological polar surface area (TPSA) is 18.3 Å². The summed E-state index contributed by atoms with van der Waals surface area (Å²) in [4.78, 5) is 2.56. The molecule has 6 rings (SSSR count). The van der Waals surface area contributed by atoms with Gasteiger partial charge in [-0.05, 0) is 36.1 Å². The third-order valence-electron chi connectivity index (χ3n) is 7.51. The molecule has 1 N–H and O–H groups in total. The highest BCUT2D eigenvalue weighted by molar-refractivity contribution is 6.03. The van der Waals surface area contributed by atoms with Crippen LogP contribution in [0.5, 0.6) is 0 Å². The molecule has 2 aliphatic rings. The monoisotopic (exact) mass is 458 g/mol. The summed E-state index contributed by atoms with van der Waals surface area (Å²) in [6.45, 7) is 5.34. The zero-order valence-electron chi connectivity index (χ0n) is 20.5. The van der Waals surface area contributed by atoms with E-state index in [9.17, 15) is 0 Å². The van der Waals surface area contributed by atoms with Crippen molar-refractivity contribution in [2.24, 2.45) is 0 Å². The molecule has 2 atom stereocenters. The van der Waals surface area contributed by atoms with Gasteiger partial charge in [-0.2, -0.15) is 0 Å². The second kappa shape index (κ2) is 9.07. The minimum absolute atomic E-state index is 0.175. The van der Waals surface area contributed by atoms with Crippen LogP contribution in [-0.4, -0.2) is 17.1 Å². The molecule has 0 bridgehead atoms. The number of rotatable bonds is 5. The minimum atomic E-state index is 0.175. The maximum atomic E-state index is 3.96. The molecule has 0 spiro atoms. The highest BCUT2D eigenvalue weighted by Crippen LogP contribution is 2.43. The number of benzene rings is 4. The van der Waals surface area contributed by atoms with Crippen LogP contribution in [-0.2, 0) is 12.8 Å². The van der Waals surface area contributed by atoms with Crippen LogP contribution in [0.1, 0.15) is 53.7 Å². The Morgan fingerprint density at radius 3 is 1.97 bits per heavy atom. The largest absolute Gasteiger partial charge is 0.303 e. The number of para-hydroxylation sites is 2. The van der Waals surface area contributed by atoms with Gasteiger partial charge >= 0.3 is 0 Å². The number of nitrogens with one attached hydrogen (secondary N) is 1. The Kier molecular flexibility index (Phi) is 5.61. The van der Waals surface area contributed by atoms with Crippen molar-refractivity contribution in [3.05, 3.63) is 131 Å². The van der Waals surface area contributed by atoms with Gasteiger partial charge in [-0.1, -0.05) is 105 Å². The summed E-state index contributed by atoms with van der Waals surface area (Å²) < 4.78 is 2.58. The maximum absolute atomic E-state index is 3.96. The number of fused-ring (bicyclic) bond motifs is 2. The lowest BCUT2D eigenvalue weighted by Gasteiger charge is -2.34. The highest BCUT2D eigenvalue weighted by atomic mass is 15.4. The summed E-state index contributed by atoms with van der Waals surface area (Å²) in [6, 6.07) is 37.9. The Bertz CT molecular complexity index is 1350. The van der Waals surface area contributed by atoms with E-state index in [1.54, 1.807) is 0 Å². The second-order valence-corrected chi connectivity index (χ2v) is 9.43. The molecule has 0 aliphatic carbocycles. The fourth-order valence-corrected chi connectivity index (χ4v) is 5.86. The summed E-state index contributed by atoms with van der Waals surface area (Å²) in [5.41, 5.74) is 9.39. The smallest absolute Gasteiger partial charge is 0.282 e. The molecule has 2 heterocycles. The first-order valence-electron chi connectivity index (χ1n) is 12.8. The van der Waals surface area contributed by atoms with Crippen molar-refractivity contribution in [1.82, 2.24) is 5.32 Å². The number of hydrogen-bond donors (Lipinski definition) is 1. The third kappa shape index (κ3) is 3.63. The van der Waals surface area contributed by atoms with E-state index >= 15 is 0 Å². The van der Waals surface area contributed by atoms with Crippen molar-refractivity contribution in [3.8, 4) is 0 Å². The Balaban J connectivity index is 1.55. The van der Waals surface area contributed by atoms with Crippen molar-refractivity contribution < 1.29 is 4.58 Å². The van der Waals surface area contributed by atoms with Crippen LogP contribution < -0.4 is 10.2 Å². The molecule has 0 saturated heterocycles. The Morgan fingerprint density at radius 2 is 1.31 bits per heavy atom. The normalized spacial score (nSPS) is 18.7. The van der Waals surface area contributed by atoms with Gasteiger partial charge in [-0.3, -0.25) is 5.32 Å².